The van der Waals surface area contributed by atoms with Gasteiger partial charge >= 0.3 is 0 Å². The molecule has 0 aliphatic heterocycles. The van der Waals surface area contributed by atoms with Crippen LogP contribution in [0.5, 0.6) is 5.75 Å². The molecule has 2 aromatic carbocycles. The average Bonchev–Trinajstić information content (AvgIpc) is 2.94. The lowest BCUT2D eigenvalue weighted by Gasteiger charge is -2.00. The van der Waals surface area contributed by atoms with Gasteiger partial charge in [-0.1, -0.05) is 33.2 Å². The van der Waals surface area contributed by atoms with E-state index in [0.717, 1.165) is 15.6 Å². The number of aromatic hydroxyl groups is 1. The molecule has 0 saturated carbocycles. The van der Waals surface area contributed by atoms with Gasteiger partial charge in [0.15, 0.2) is 0 Å². The molecule has 1 aromatic heterocycles. The van der Waals surface area contributed by atoms with Gasteiger partial charge in [-0.2, -0.15) is 4.98 Å². The van der Waals surface area contributed by atoms with Gasteiger partial charge in [0.2, 0.25) is 5.82 Å². The summed E-state index contributed by atoms with van der Waals surface area (Å²) in [5.74, 6) is 0.810. The zero-order valence-electron chi connectivity index (χ0n) is 11.2. The lowest BCUT2D eigenvalue weighted by Crippen LogP contribution is -1.86. The third kappa shape index (κ3) is 2.62. The summed E-state index contributed by atoms with van der Waals surface area (Å²) in [6.45, 7) is 2.01. The number of nitrogens with two attached hydrogens (primary N) is 1. The van der Waals surface area contributed by atoms with E-state index in [9.17, 15) is 5.11 Å². The first-order valence-electron chi connectivity index (χ1n) is 6.23. The number of halogens is 1. The lowest BCUT2D eigenvalue weighted by atomic mass is 10.1. The van der Waals surface area contributed by atoms with Crippen molar-refractivity contribution in [2.75, 3.05) is 5.73 Å². The molecule has 0 unspecified atom stereocenters. The van der Waals surface area contributed by atoms with Gasteiger partial charge in [-0.05, 0) is 36.8 Å². The van der Waals surface area contributed by atoms with E-state index in [1.807, 2.05) is 25.1 Å². The van der Waals surface area contributed by atoms with E-state index in [1.165, 1.54) is 6.07 Å². The van der Waals surface area contributed by atoms with Crippen molar-refractivity contribution >= 4 is 21.6 Å². The topological polar surface area (TPSA) is 85.2 Å². The molecular weight excluding hydrogens is 334 g/mol. The molecule has 0 fully saturated rings. The summed E-state index contributed by atoms with van der Waals surface area (Å²) in [6.07, 6.45) is 0. The van der Waals surface area contributed by atoms with Crippen LogP contribution in [0.15, 0.2) is 45.4 Å². The van der Waals surface area contributed by atoms with Crippen LogP contribution in [0.3, 0.4) is 0 Å². The molecule has 21 heavy (non-hydrogen) atoms. The Morgan fingerprint density at radius 3 is 2.62 bits per heavy atom. The van der Waals surface area contributed by atoms with Crippen LogP contribution in [-0.4, -0.2) is 15.2 Å². The summed E-state index contributed by atoms with van der Waals surface area (Å²) in [5.41, 5.74) is 8.48. The van der Waals surface area contributed by atoms with Crippen molar-refractivity contribution < 1.29 is 9.63 Å². The molecule has 0 saturated heterocycles. The summed E-state index contributed by atoms with van der Waals surface area (Å²) in [4.78, 5) is 4.34. The summed E-state index contributed by atoms with van der Waals surface area (Å²) in [7, 11) is 0. The monoisotopic (exact) mass is 345 g/mol. The van der Waals surface area contributed by atoms with Crippen molar-refractivity contribution in [1.29, 1.82) is 0 Å². The number of nitrogens with zero attached hydrogens (tertiary/aromatic N) is 2. The maximum atomic E-state index is 9.63. The predicted octanol–water partition coefficient (Wildman–Crippen LogP) is 3.76. The summed E-state index contributed by atoms with van der Waals surface area (Å²) in [6, 6.07) is 10.6. The minimum Gasteiger partial charge on any atom is -0.506 e. The Morgan fingerprint density at radius 2 is 1.90 bits per heavy atom. The highest BCUT2D eigenvalue weighted by Gasteiger charge is 2.12. The maximum absolute atomic E-state index is 9.63. The molecule has 5 nitrogen and oxygen atoms in total. The number of aryl methyl sites for hydroxylation is 1. The van der Waals surface area contributed by atoms with E-state index in [1.54, 1.807) is 12.1 Å². The molecule has 3 rings (SSSR count). The molecular formula is C15H12BrN3O2. The lowest BCUT2D eigenvalue weighted by molar-refractivity contribution is 0.431. The quantitative estimate of drug-likeness (QED) is 0.545. The van der Waals surface area contributed by atoms with Crippen LogP contribution in [-0.2, 0) is 0 Å². The van der Waals surface area contributed by atoms with Crippen molar-refractivity contribution in [1.82, 2.24) is 10.1 Å². The summed E-state index contributed by atoms with van der Waals surface area (Å²) < 4.78 is 6.22. The molecule has 0 bridgehead atoms. The van der Waals surface area contributed by atoms with E-state index in [0.29, 0.717) is 23.0 Å². The second-order valence-corrected chi connectivity index (χ2v) is 5.52. The predicted molar refractivity (Wildman–Crippen MR) is 83.7 cm³/mol. The Morgan fingerprint density at radius 1 is 1.14 bits per heavy atom. The van der Waals surface area contributed by atoms with Crippen molar-refractivity contribution in [3.05, 3.63) is 46.4 Å². The molecule has 0 amide bonds. The first kappa shape index (κ1) is 13.6. The van der Waals surface area contributed by atoms with Crippen molar-refractivity contribution in [3.63, 3.8) is 0 Å². The van der Waals surface area contributed by atoms with E-state index in [4.69, 9.17) is 10.3 Å². The zero-order valence-corrected chi connectivity index (χ0v) is 12.8. The fraction of sp³-hybridized carbons (Fsp3) is 0.0667. The number of aromatic nitrogens is 2. The number of nitrogen functional groups attached to an aromatic ring is 1. The van der Waals surface area contributed by atoms with Gasteiger partial charge in [0, 0.05) is 15.6 Å². The van der Waals surface area contributed by atoms with Crippen LogP contribution in [0, 0.1) is 6.92 Å². The minimum absolute atomic E-state index is 0.00895. The highest BCUT2D eigenvalue weighted by molar-refractivity contribution is 9.10. The van der Waals surface area contributed by atoms with E-state index < -0.39 is 0 Å². The molecule has 6 heteroatoms. The van der Waals surface area contributed by atoms with Crippen LogP contribution in [0.4, 0.5) is 5.69 Å². The molecule has 0 aliphatic carbocycles. The second-order valence-electron chi connectivity index (χ2n) is 4.66. The van der Waals surface area contributed by atoms with Crippen LogP contribution in [0.1, 0.15) is 5.56 Å². The van der Waals surface area contributed by atoms with Crippen molar-refractivity contribution in [3.8, 4) is 28.6 Å². The minimum atomic E-state index is -0.00895. The standard InChI is InChI=1S/C15H12BrN3O2/c1-8-2-3-9(6-11(8)16)14-18-15(21-19-14)10-4-5-12(17)13(20)7-10/h2-7,20H,17H2,1H3. The Labute approximate surface area is 129 Å². The number of hydrogen-bond donors (Lipinski definition) is 2. The van der Waals surface area contributed by atoms with E-state index in [-0.39, 0.29) is 5.75 Å². The maximum Gasteiger partial charge on any atom is 0.258 e. The average molecular weight is 346 g/mol. The van der Waals surface area contributed by atoms with Crippen LogP contribution >= 0.6 is 15.9 Å². The largest absolute Gasteiger partial charge is 0.506 e. The third-order valence-electron chi connectivity index (χ3n) is 3.13. The smallest absolute Gasteiger partial charge is 0.258 e. The zero-order chi connectivity index (χ0) is 15.0. The number of phenolic OH excluding ortho intramolecular Hbond substituents is 1. The molecule has 0 radical (unpaired) electrons. The first-order chi connectivity index (χ1) is 10.0. The number of phenols is 1. The van der Waals surface area contributed by atoms with Gasteiger partial charge in [0.05, 0.1) is 5.69 Å². The van der Waals surface area contributed by atoms with Crippen molar-refractivity contribution in [2.45, 2.75) is 6.92 Å². The molecule has 3 aromatic rings. The summed E-state index contributed by atoms with van der Waals surface area (Å²) in [5, 5.41) is 13.6. The van der Waals surface area contributed by atoms with Crippen LogP contribution in [0.2, 0.25) is 0 Å². The van der Waals surface area contributed by atoms with Gasteiger partial charge in [-0.15, -0.1) is 0 Å². The highest BCUT2D eigenvalue weighted by Crippen LogP contribution is 2.29. The van der Waals surface area contributed by atoms with Gasteiger partial charge in [0.1, 0.15) is 5.75 Å². The Kier molecular flexibility index (Phi) is 3.39. The van der Waals surface area contributed by atoms with Gasteiger partial charge in [0.25, 0.3) is 5.89 Å². The second kappa shape index (κ2) is 5.21. The first-order valence-corrected chi connectivity index (χ1v) is 7.03. The number of benzene rings is 2. The molecule has 1 heterocycles. The number of anilines is 1. The molecule has 3 N–H and O–H groups in total. The van der Waals surface area contributed by atoms with Crippen LogP contribution < -0.4 is 5.73 Å². The molecule has 0 aliphatic rings. The Bertz CT molecular complexity index is 748. The normalized spacial score (nSPS) is 10.8. The van der Waals surface area contributed by atoms with Crippen LogP contribution in [0.25, 0.3) is 22.8 Å². The van der Waals surface area contributed by atoms with E-state index in [2.05, 4.69) is 26.1 Å². The van der Waals surface area contributed by atoms with Gasteiger partial charge in [-0.25, -0.2) is 0 Å². The third-order valence-corrected chi connectivity index (χ3v) is 3.99. The van der Waals surface area contributed by atoms with Gasteiger partial charge in [-0.3, -0.25) is 0 Å². The molecule has 0 atom stereocenters. The molecule has 0 spiro atoms. The van der Waals surface area contributed by atoms with E-state index >= 15 is 0 Å². The SMILES string of the molecule is Cc1ccc(-c2noc(-c3ccc(N)c(O)c3)n2)cc1Br. The highest BCUT2D eigenvalue weighted by atomic mass is 79.9. The van der Waals surface area contributed by atoms with Gasteiger partial charge < -0.3 is 15.4 Å². The Hall–Kier alpha value is -2.34. The number of hydrogen-bond acceptors (Lipinski definition) is 5. The Balaban J connectivity index is 1.99. The molecule has 106 valence electrons. The number of rotatable bonds is 2. The fourth-order valence-electron chi connectivity index (χ4n) is 1.87. The summed E-state index contributed by atoms with van der Waals surface area (Å²) >= 11 is 3.48. The van der Waals surface area contributed by atoms with Crippen molar-refractivity contribution in [2.24, 2.45) is 0 Å². The fourth-order valence-corrected chi connectivity index (χ4v) is 2.25.